The second-order valence-corrected chi connectivity index (χ2v) is 6.38. The third-order valence-corrected chi connectivity index (χ3v) is 3.87. The molecule has 0 heterocycles. The molecule has 0 aliphatic carbocycles. The van der Waals surface area contributed by atoms with Gasteiger partial charge in [0.1, 0.15) is 0 Å². The average molecular weight is 309 g/mol. The van der Waals surface area contributed by atoms with E-state index in [0.29, 0.717) is 18.8 Å². The van der Waals surface area contributed by atoms with Gasteiger partial charge in [-0.05, 0) is 43.9 Å². The summed E-state index contributed by atoms with van der Waals surface area (Å²) in [5.74, 6) is 0.714. The summed E-state index contributed by atoms with van der Waals surface area (Å²) in [4.78, 5) is 0. The summed E-state index contributed by atoms with van der Waals surface area (Å²) >= 11 is 0. The highest BCUT2D eigenvalue weighted by molar-refractivity contribution is 5.41. The highest BCUT2D eigenvalue weighted by Crippen LogP contribution is 2.28. The van der Waals surface area contributed by atoms with Crippen LogP contribution in [0.2, 0.25) is 0 Å². The van der Waals surface area contributed by atoms with Crippen molar-refractivity contribution in [1.82, 2.24) is 0 Å². The van der Waals surface area contributed by atoms with Gasteiger partial charge in [0.05, 0.1) is 13.2 Å². The predicted molar refractivity (Wildman–Crippen MR) is 90.4 cm³/mol. The van der Waals surface area contributed by atoms with Gasteiger partial charge in [0.2, 0.25) is 0 Å². The number of rotatable bonds is 11. The molecule has 0 bridgehead atoms. The maximum atomic E-state index is 10.0. The monoisotopic (exact) mass is 309 g/mol. The molecular weight excluding hydrogens is 278 g/mol. The van der Waals surface area contributed by atoms with E-state index in [1.54, 1.807) is 6.07 Å². The number of aryl methyl sites for hydroxylation is 1. The van der Waals surface area contributed by atoms with Gasteiger partial charge in [-0.15, -0.1) is 0 Å². The molecule has 0 saturated heterocycles. The Kier molecular flexibility index (Phi) is 8.28. The topological polar surface area (TPSA) is 75.7 Å². The molecule has 4 N–H and O–H groups in total. The highest BCUT2D eigenvalue weighted by atomic mass is 16.5. The number of nitrogens with two attached hydrogens (primary N) is 1. The minimum absolute atomic E-state index is 0.0434. The van der Waals surface area contributed by atoms with E-state index >= 15 is 0 Å². The molecule has 126 valence electrons. The van der Waals surface area contributed by atoms with Gasteiger partial charge in [0.25, 0.3) is 0 Å². The van der Waals surface area contributed by atoms with Crippen LogP contribution in [-0.2, 0) is 6.42 Å². The summed E-state index contributed by atoms with van der Waals surface area (Å²) in [5.41, 5.74) is 6.33. The van der Waals surface area contributed by atoms with E-state index in [4.69, 9.17) is 15.6 Å². The second kappa shape index (κ2) is 9.70. The van der Waals surface area contributed by atoms with Gasteiger partial charge in [-0.2, -0.15) is 0 Å². The summed E-state index contributed by atoms with van der Waals surface area (Å²) in [6.07, 6.45) is 7.33. The number of aromatic hydroxyl groups is 1. The van der Waals surface area contributed by atoms with Crippen LogP contribution in [0.4, 0.5) is 0 Å². The minimum atomic E-state index is -0.580. The van der Waals surface area contributed by atoms with E-state index in [-0.39, 0.29) is 12.4 Å². The van der Waals surface area contributed by atoms with Gasteiger partial charge in [0, 0.05) is 5.54 Å². The first-order chi connectivity index (χ1) is 10.5. The Morgan fingerprint density at radius 2 is 1.91 bits per heavy atom. The molecule has 22 heavy (non-hydrogen) atoms. The lowest BCUT2D eigenvalue weighted by atomic mass is 9.95. The molecule has 1 aromatic rings. The number of phenolic OH excluding ortho intramolecular Hbond substituents is 1. The van der Waals surface area contributed by atoms with E-state index < -0.39 is 5.54 Å². The molecule has 0 spiro atoms. The van der Waals surface area contributed by atoms with Crippen LogP contribution < -0.4 is 10.5 Å². The van der Waals surface area contributed by atoms with Crippen molar-refractivity contribution in [3.05, 3.63) is 23.8 Å². The standard InChI is InChI=1S/C18H31NO3/c1-3-4-5-6-7-12-22-17-9-8-15(13-16(17)21)10-11-18(2,19)14-20/h8-9,13,20-21H,3-7,10-12,14,19H2,1-2H3. The number of aliphatic hydroxyl groups is 1. The Bertz CT molecular complexity index is 432. The van der Waals surface area contributed by atoms with Crippen LogP contribution in [0.5, 0.6) is 11.5 Å². The lowest BCUT2D eigenvalue weighted by molar-refractivity contribution is 0.200. The average Bonchev–Trinajstić information content (AvgIpc) is 2.50. The van der Waals surface area contributed by atoms with Crippen molar-refractivity contribution in [2.75, 3.05) is 13.2 Å². The summed E-state index contributed by atoms with van der Waals surface area (Å²) < 4.78 is 5.62. The second-order valence-electron chi connectivity index (χ2n) is 6.38. The zero-order chi connectivity index (χ0) is 16.4. The molecule has 1 atom stereocenters. The van der Waals surface area contributed by atoms with Gasteiger partial charge in [-0.3, -0.25) is 0 Å². The fourth-order valence-electron chi connectivity index (χ4n) is 2.24. The summed E-state index contributed by atoms with van der Waals surface area (Å²) in [6.45, 7) is 4.62. The molecule has 1 rings (SSSR count). The first kappa shape index (κ1) is 18.8. The van der Waals surface area contributed by atoms with Crippen LogP contribution in [0.1, 0.15) is 57.9 Å². The maximum absolute atomic E-state index is 10.0. The normalized spacial score (nSPS) is 13.8. The molecular formula is C18H31NO3. The molecule has 0 saturated carbocycles. The zero-order valence-corrected chi connectivity index (χ0v) is 14.0. The Hall–Kier alpha value is -1.26. The van der Waals surface area contributed by atoms with E-state index in [0.717, 1.165) is 18.4 Å². The van der Waals surface area contributed by atoms with Crippen LogP contribution in [0.25, 0.3) is 0 Å². The molecule has 0 aliphatic heterocycles. The van der Waals surface area contributed by atoms with Crippen molar-refractivity contribution in [2.45, 2.75) is 64.3 Å². The van der Waals surface area contributed by atoms with E-state index in [9.17, 15) is 5.11 Å². The molecule has 4 nitrogen and oxygen atoms in total. The molecule has 0 amide bonds. The molecule has 0 aliphatic rings. The van der Waals surface area contributed by atoms with Crippen molar-refractivity contribution in [1.29, 1.82) is 0 Å². The summed E-state index contributed by atoms with van der Waals surface area (Å²) in [5, 5.41) is 19.2. The number of hydrogen-bond donors (Lipinski definition) is 3. The third-order valence-electron chi connectivity index (χ3n) is 3.87. The number of unbranched alkanes of at least 4 members (excludes halogenated alkanes) is 4. The zero-order valence-electron chi connectivity index (χ0n) is 14.0. The Balaban J connectivity index is 2.38. The van der Waals surface area contributed by atoms with Gasteiger partial charge in [0.15, 0.2) is 11.5 Å². The molecule has 1 unspecified atom stereocenters. The van der Waals surface area contributed by atoms with Crippen LogP contribution >= 0.6 is 0 Å². The van der Waals surface area contributed by atoms with Gasteiger partial charge in [-0.1, -0.05) is 38.7 Å². The van der Waals surface area contributed by atoms with Crippen LogP contribution in [0.3, 0.4) is 0 Å². The smallest absolute Gasteiger partial charge is 0.160 e. The van der Waals surface area contributed by atoms with Crippen molar-refractivity contribution in [3.8, 4) is 11.5 Å². The van der Waals surface area contributed by atoms with Gasteiger partial charge < -0.3 is 20.7 Å². The number of hydrogen-bond acceptors (Lipinski definition) is 4. The van der Waals surface area contributed by atoms with Crippen molar-refractivity contribution in [3.63, 3.8) is 0 Å². The predicted octanol–water partition coefficient (Wildman–Crippen LogP) is 3.38. The van der Waals surface area contributed by atoms with E-state index in [1.165, 1.54) is 25.7 Å². The van der Waals surface area contributed by atoms with Crippen LogP contribution in [-0.4, -0.2) is 29.0 Å². The Morgan fingerprint density at radius 1 is 1.18 bits per heavy atom. The Morgan fingerprint density at radius 3 is 2.55 bits per heavy atom. The van der Waals surface area contributed by atoms with E-state index in [2.05, 4.69) is 6.92 Å². The first-order valence-electron chi connectivity index (χ1n) is 8.33. The lowest BCUT2D eigenvalue weighted by Crippen LogP contribution is -2.40. The molecule has 1 aromatic carbocycles. The molecule has 4 heteroatoms. The summed E-state index contributed by atoms with van der Waals surface area (Å²) in [6, 6.07) is 5.48. The summed E-state index contributed by atoms with van der Waals surface area (Å²) in [7, 11) is 0. The molecule has 0 aromatic heterocycles. The van der Waals surface area contributed by atoms with Crippen molar-refractivity contribution < 1.29 is 14.9 Å². The van der Waals surface area contributed by atoms with Gasteiger partial charge in [-0.25, -0.2) is 0 Å². The van der Waals surface area contributed by atoms with Crippen LogP contribution in [0, 0.1) is 0 Å². The fourth-order valence-corrected chi connectivity index (χ4v) is 2.24. The fraction of sp³-hybridized carbons (Fsp3) is 0.667. The van der Waals surface area contributed by atoms with Crippen molar-refractivity contribution >= 4 is 0 Å². The Labute approximate surface area is 134 Å². The van der Waals surface area contributed by atoms with E-state index in [1.807, 2.05) is 19.1 Å². The quantitative estimate of drug-likeness (QED) is 0.548. The number of ether oxygens (including phenoxy) is 1. The van der Waals surface area contributed by atoms with Gasteiger partial charge >= 0.3 is 0 Å². The highest BCUT2D eigenvalue weighted by Gasteiger charge is 2.16. The number of benzene rings is 1. The maximum Gasteiger partial charge on any atom is 0.160 e. The SMILES string of the molecule is CCCCCCCOc1ccc(CCC(C)(N)CO)cc1O. The molecule has 0 fully saturated rings. The molecule has 0 radical (unpaired) electrons. The number of phenols is 1. The third kappa shape index (κ3) is 7.14. The lowest BCUT2D eigenvalue weighted by Gasteiger charge is -2.21. The van der Waals surface area contributed by atoms with Crippen LogP contribution in [0.15, 0.2) is 18.2 Å². The largest absolute Gasteiger partial charge is 0.504 e. The minimum Gasteiger partial charge on any atom is -0.504 e. The first-order valence-corrected chi connectivity index (χ1v) is 8.33. The number of aliphatic hydroxyl groups excluding tert-OH is 1. The van der Waals surface area contributed by atoms with Crippen molar-refractivity contribution in [2.24, 2.45) is 5.73 Å².